The van der Waals surface area contributed by atoms with Crippen LogP contribution in [0, 0.1) is 19.7 Å². The number of Topliss-reactive ketones (excluding diaryl/α,β-unsaturated/α-hetero) is 1. The standard InChI is InChI=1S/C18H18FNO5/c1-10-16(18(23)24-3)11(2)20-17(10)14(21)9-25-15(22)8-12-4-6-13(19)7-5-12/h4-7,20H,8-9H2,1-3H3. The maximum absolute atomic E-state index is 12.8. The first-order valence-corrected chi connectivity index (χ1v) is 7.54. The van der Waals surface area contributed by atoms with Crippen LogP contribution in [-0.2, 0) is 20.7 Å². The lowest BCUT2D eigenvalue weighted by atomic mass is 10.1. The highest BCUT2D eigenvalue weighted by Gasteiger charge is 2.23. The molecule has 1 heterocycles. The van der Waals surface area contributed by atoms with E-state index in [-0.39, 0.29) is 12.1 Å². The van der Waals surface area contributed by atoms with Gasteiger partial charge in [-0.25, -0.2) is 9.18 Å². The van der Waals surface area contributed by atoms with E-state index in [9.17, 15) is 18.8 Å². The van der Waals surface area contributed by atoms with Crippen LogP contribution in [0.15, 0.2) is 24.3 Å². The fraction of sp³-hybridized carbons (Fsp3) is 0.278. The second-order valence-electron chi connectivity index (χ2n) is 5.50. The molecule has 132 valence electrons. The monoisotopic (exact) mass is 347 g/mol. The zero-order valence-corrected chi connectivity index (χ0v) is 14.1. The number of hydrogen-bond acceptors (Lipinski definition) is 5. The molecule has 0 spiro atoms. The summed E-state index contributed by atoms with van der Waals surface area (Å²) >= 11 is 0. The molecule has 1 N–H and O–H groups in total. The maximum Gasteiger partial charge on any atom is 0.339 e. The Kier molecular flexibility index (Phi) is 5.69. The summed E-state index contributed by atoms with van der Waals surface area (Å²) < 4.78 is 22.5. The van der Waals surface area contributed by atoms with E-state index in [1.165, 1.54) is 31.4 Å². The number of halogens is 1. The van der Waals surface area contributed by atoms with Crippen LogP contribution in [0.1, 0.15) is 37.7 Å². The Morgan fingerprint density at radius 1 is 1.12 bits per heavy atom. The molecule has 1 aromatic heterocycles. The molecule has 1 aromatic carbocycles. The van der Waals surface area contributed by atoms with Crippen molar-refractivity contribution in [1.82, 2.24) is 4.98 Å². The van der Waals surface area contributed by atoms with Crippen molar-refractivity contribution in [2.75, 3.05) is 13.7 Å². The van der Waals surface area contributed by atoms with E-state index in [0.717, 1.165) is 0 Å². The maximum atomic E-state index is 12.8. The van der Waals surface area contributed by atoms with Gasteiger partial charge in [0, 0.05) is 5.69 Å². The summed E-state index contributed by atoms with van der Waals surface area (Å²) in [5.41, 5.74) is 2.03. The Balaban J connectivity index is 1.99. The largest absolute Gasteiger partial charge is 0.465 e. The highest BCUT2D eigenvalue weighted by atomic mass is 19.1. The van der Waals surface area contributed by atoms with E-state index in [1.54, 1.807) is 13.8 Å². The number of ether oxygens (including phenoxy) is 2. The number of ketones is 1. The van der Waals surface area contributed by atoms with Crippen LogP contribution in [0.25, 0.3) is 0 Å². The van der Waals surface area contributed by atoms with E-state index < -0.39 is 30.1 Å². The molecule has 0 aliphatic rings. The second-order valence-corrected chi connectivity index (χ2v) is 5.50. The molecule has 7 heteroatoms. The van der Waals surface area contributed by atoms with Crippen LogP contribution < -0.4 is 0 Å². The van der Waals surface area contributed by atoms with Gasteiger partial charge in [0.25, 0.3) is 0 Å². The van der Waals surface area contributed by atoms with Crippen LogP contribution in [0.4, 0.5) is 4.39 Å². The number of carbonyl (C=O) groups is 3. The lowest BCUT2D eigenvalue weighted by Crippen LogP contribution is -2.17. The van der Waals surface area contributed by atoms with Gasteiger partial charge >= 0.3 is 11.9 Å². The first kappa shape index (κ1) is 18.4. The van der Waals surface area contributed by atoms with Gasteiger partial charge in [-0.3, -0.25) is 9.59 Å². The smallest absolute Gasteiger partial charge is 0.339 e. The first-order chi connectivity index (χ1) is 11.8. The van der Waals surface area contributed by atoms with Gasteiger partial charge in [-0.15, -0.1) is 0 Å². The zero-order valence-electron chi connectivity index (χ0n) is 14.1. The predicted octanol–water partition coefficient (Wildman–Crippen LogP) is 2.53. The number of esters is 2. The SMILES string of the molecule is COC(=O)c1c(C)[nH]c(C(=O)COC(=O)Cc2ccc(F)cc2)c1C. The Bertz CT molecular complexity index is 808. The molecular weight excluding hydrogens is 329 g/mol. The molecule has 0 saturated heterocycles. The molecule has 0 atom stereocenters. The van der Waals surface area contributed by atoms with E-state index >= 15 is 0 Å². The number of H-pyrrole nitrogens is 1. The number of benzene rings is 1. The Hall–Kier alpha value is -2.96. The van der Waals surface area contributed by atoms with Crippen molar-refractivity contribution < 1.29 is 28.2 Å². The molecule has 0 radical (unpaired) electrons. The fourth-order valence-electron chi connectivity index (χ4n) is 2.48. The van der Waals surface area contributed by atoms with Crippen molar-refractivity contribution >= 4 is 17.7 Å². The summed E-state index contributed by atoms with van der Waals surface area (Å²) in [5.74, 6) is -2.00. The van der Waals surface area contributed by atoms with Gasteiger partial charge in [0.05, 0.1) is 24.8 Å². The third-order valence-corrected chi connectivity index (χ3v) is 3.73. The molecule has 0 aliphatic carbocycles. The average molecular weight is 347 g/mol. The topological polar surface area (TPSA) is 85.5 Å². The molecule has 0 amide bonds. The van der Waals surface area contributed by atoms with Crippen molar-refractivity contribution in [3.05, 3.63) is 58.2 Å². The summed E-state index contributed by atoms with van der Waals surface area (Å²) in [7, 11) is 1.26. The third kappa shape index (κ3) is 4.32. The molecule has 6 nitrogen and oxygen atoms in total. The summed E-state index contributed by atoms with van der Waals surface area (Å²) in [4.78, 5) is 38.6. The minimum absolute atomic E-state index is 0.0658. The minimum Gasteiger partial charge on any atom is -0.465 e. The molecule has 0 aliphatic heterocycles. The summed E-state index contributed by atoms with van der Waals surface area (Å²) in [6.45, 7) is 2.81. The van der Waals surface area contributed by atoms with Gasteiger partial charge in [-0.05, 0) is 37.1 Å². The molecule has 2 aromatic rings. The number of rotatable bonds is 6. The van der Waals surface area contributed by atoms with Gasteiger partial charge < -0.3 is 14.5 Å². The van der Waals surface area contributed by atoms with Gasteiger partial charge in [0.15, 0.2) is 6.61 Å². The quantitative estimate of drug-likeness (QED) is 0.641. The molecular formula is C18H18FNO5. The Labute approximate surface area is 143 Å². The highest BCUT2D eigenvalue weighted by Crippen LogP contribution is 2.19. The third-order valence-electron chi connectivity index (χ3n) is 3.73. The average Bonchev–Trinajstić information content (AvgIpc) is 2.88. The molecule has 0 fully saturated rings. The van der Waals surface area contributed by atoms with Gasteiger partial charge in [-0.2, -0.15) is 0 Å². The van der Waals surface area contributed by atoms with E-state index in [2.05, 4.69) is 9.72 Å². The van der Waals surface area contributed by atoms with Crippen LogP contribution in [0.5, 0.6) is 0 Å². The van der Waals surface area contributed by atoms with Crippen molar-refractivity contribution in [2.24, 2.45) is 0 Å². The van der Waals surface area contributed by atoms with Crippen molar-refractivity contribution in [2.45, 2.75) is 20.3 Å². The number of aryl methyl sites for hydroxylation is 1. The number of methoxy groups -OCH3 is 1. The number of aromatic amines is 1. The lowest BCUT2D eigenvalue weighted by molar-refractivity contribution is -0.141. The molecule has 0 unspecified atom stereocenters. The first-order valence-electron chi connectivity index (χ1n) is 7.54. The normalized spacial score (nSPS) is 10.4. The molecule has 2 rings (SSSR count). The summed E-state index contributed by atoms with van der Waals surface area (Å²) in [6, 6.07) is 5.43. The van der Waals surface area contributed by atoms with E-state index in [4.69, 9.17) is 4.74 Å². The summed E-state index contributed by atoms with van der Waals surface area (Å²) in [6.07, 6.45) is -0.0658. The van der Waals surface area contributed by atoms with Gasteiger partial charge in [-0.1, -0.05) is 12.1 Å². The van der Waals surface area contributed by atoms with E-state index in [0.29, 0.717) is 22.4 Å². The van der Waals surface area contributed by atoms with Gasteiger partial charge in [0.1, 0.15) is 5.82 Å². The lowest BCUT2D eigenvalue weighted by Gasteiger charge is -2.05. The van der Waals surface area contributed by atoms with Crippen molar-refractivity contribution in [1.29, 1.82) is 0 Å². The molecule has 0 saturated carbocycles. The van der Waals surface area contributed by atoms with Crippen molar-refractivity contribution in [3.63, 3.8) is 0 Å². The number of carbonyl (C=O) groups excluding carboxylic acids is 3. The van der Waals surface area contributed by atoms with Crippen LogP contribution in [-0.4, -0.2) is 36.4 Å². The van der Waals surface area contributed by atoms with Crippen molar-refractivity contribution in [3.8, 4) is 0 Å². The van der Waals surface area contributed by atoms with Crippen LogP contribution >= 0.6 is 0 Å². The van der Waals surface area contributed by atoms with Crippen LogP contribution in [0.2, 0.25) is 0 Å². The van der Waals surface area contributed by atoms with Gasteiger partial charge in [0.2, 0.25) is 5.78 Å². The second kappa shape index (κ2) is 7.74. The highest BCUT2D eigenvalue weighted by molar-refractivity contribution is 6.02. The number of aromatic nitrogens is 1. The fourth-order valence-corrected chi connectivity index (χ4v) is 2.48. The zero-order chi connectivity index (χ0) is 18.6. The van der Waals surface area contributed by atoms with E-state index in [1.807, 2.05) is 0 Å². The molecule has 0 bridgehead atoms. The predicted molar refractivity (Wildman–Crippen MR) is 87.0 cm³/mol. The number of hydrogen-bond donors (Lipinski definition) is 1. The molecule has 25 heavy (non-hydrogen) atoms. The number of nitrogens with one attached hydrogen (secondary N) is 1. The van der Waals surface area contributed by atoms with Crippen LogP contribution in [0.3, 0.4) is 0 Å². The Morgan fingerprint density at radius 2 is 1.76 bits per heavy atom. The Morgan fingerprint density at radius 3 is 2.36 bits per heavy atom. The minimum atomic E-state index is -0.603. The summed E-state index contributed by atoms with van der Waals surface area (Å²) in [5, 5.41) is 0.